The zero-order valence-corrected chi connectivity index (χ0v) is 20.5. The third-order valence-corrected chi connectivity index (χ3v) is 7.00. The summed E-state index contributed by atoms with van der Waals surface area (Å²) in [4.78, 5) is 26.9. The normalized spacial score (nSPS) is 14.3. The van der Waals surface area contributed by atoms with Gasteiger partial charge in [0.15, 0.2) is 6.10 Å². The molecule has 7 heteroatoms. The lowest BCUT2D eigenvalue weighted by atomic mass is 10.0. The SMILES string of the molecule is COc1cccc([C@@H]2Oc3ccccc3-n3c(-c4ccccc4C)c4c(=O)n(C)c(=O)n(C)c4c32)c1. The van der Waals surface area contributed by atoms with Crippen molar-refractivity contribution in [1.82, 2.24) is 13.7 Å². The molecular weight excluding hydrogens is 454 g/mol. The van der Waals surface area contributed by atoms with E-state index in [0.717, 1.165) is 33.8 Å². The Balaban J connectivity index is 1.87. The number of aryl methyl sites for hydroxylation is 2. The van der Waals surface area contributed by atoms with Gasteiger partial charge in [-0.3, -0.25) is 13.9 Å². The first-order valence-electron chi connectivity index (χ1n) is 11.7. The van der Waals surface area contributed by atoms with Crippen molar-refractivity contribution < 1.29 is 9.47 Å². The summed E-state index contributed by atoms with van der Waals surface area (Å²) in [5.41, 5.74) is 4.93. The molecule has 0 aliphatic carbocycles. The van der Waals surface area contributed by atoms with Crippen LogP contribution in [-0.4, -0.2) is 20.8 Å². The maximum absolute atomic E-state index is 13.8. The van der Waals surface area contributed by atoms with E-state index in [-0.39, 0.29) is 11.2 Å². The molecule has 0 fully saturated rings. The van der Waals surface area contributed by atoms with Gasteiger partial charge in [-0.1, -0.05) is 48.5 Å². The summed E-state index contributed by atoms with van der Waals surface area (Å²) in [5.74, 6) is 1.39. The molecule has 0 N–H and O–H groups in total. The van der Waals surface area contributed by atoms with Crippen molar-refractivity contribution in [2.75, 3.05) is 7.11 Å². The largest absolute Gasteiger partial charge is 0.497 e. The van der Waals surface area contributed by atoms with E-state index in [0.29, 0.717) is 22.4 Å². The Hall–Kier alpha value is -4.52. The summed E-state index contributed by atoms with van der Waals surface area (Å²) < 4.78 is 16.9. The highest BCUT2D eigenvalue weighted by Gasteiger charge is 2.36. The van der Waals surface area contributed by atoms with Crippen LogP contribution in [0.2, 0.25) is 0 Å². The highest BCUT2D eigenvalue weighted by Crippen LogP contribution is 2.47. The minimum atomic E-state index is -0.576. The molecule has 0 saturated heterocycles. The molecule has 7 nitrogen and oxygen atoms in total. The summed E-state index contributed by atoms with van der Waals surface area (Å²) >= 11 is 0. The van der Waals surface area contributed by atoms with Crippen LogP contribution < -0.4 is 20.7 Å². The highest BCUT2D eigenvalue weighted by atomic mass is 16.5. The van der Waals surface area contributed by atoms with Crippen molar-refractivity contribution in [2.45, 2.75) is 13.0 Å². The van der Waals surface area contributed by atoms with Crippen LogP contribution in [0, 0.1) is 6.92 Å². The quantitative estimate of drug-likeness (QED) is 0.382. The van der Waals surface area contributed by atoms with Crippen LogP contribution in [0.1, 0.15) is 22.9 Å². The Bertz CT molecular complexity index is 1790. The molecule has 1 atom stereocenters. The fourth-order valence-corrected chi connectivity index (χ4v) is 5.24. The van der Waals surface area contributed by atoms with Crippen LogP contribution in [0.15, 0.2) is 82.4 Å². The number of hydrogen-bond acceptors (Lipinski definition) is 4. The molecule has 0 bridgehead atoms. The molecule has 1 aliphatic rings. The van der Waals surface area contributed by atoms with E-state index >= 15 is 0 Å². The van der Waals surface area contributed by atoms with Gasteiger partial charge < -0.3 is 14.0 Å². The third kappa shape index (κ3) is 2.99. The second-order valence-electron chi connectivity index (χ2n) is 9.06. The molecule has 5 aromatic rings. The van der Waals surface area contributed by atoms with E-state index in [1.165, 1.54) is 11.6 Å². The van der Waals surface area contributed by atoms with E-state index in [1.807, 2.05) is 79.7 Å². The maximum Gasteiger partial charge on any atom is 0.331 e. The number of nitrogens with zero attached hydrogens (tertiary/aromatic N) is 3. The van der Waals surface area contributed by atoms with E-state index < -0.39 is 6.10 Å². The van der Waals surface area contributed by atoms with Gasteiger partial charge in [0.25, 0.3) is 5.56 Å². The Morgan fingerprint density at radius 2 is 1.64 bits per heavy atom. The van der Waals surface area contributed by atoms with Crippen molar-refractivity contribution in [3.63, 3.8) is 0 Å². The lowest BCUT2D eigenvalue weighted by Crippen LogP contribution is -2.37. The molecule has 1 aliphatic heterocycles. The first-order chi connectivity index (χ1) is 17.4. The van der Waals surface area contributed by atoms with Gasteiger partial charge in [0.05, 0.1) is 35.1 Å². The highest BCUT2D eigenvalue weighted by molar-refractivity contribution is 5.98. The predicted molar refractivity (Wildman–Crippen MR) is 139 cm³/mol. The maximum atomic E-state index is 13.8. The Kier molecular flexibility index (Phi) is 4.89. The topological polar surface area (TPSA) is 67.4 Å². The van der Waals surface area contributed by atoms with Crippen LogP contribution in [0.25, 0.3) is 27.8 Å². The minimum Gasteiger partial charge on any atom is -0.497 e. The van der Waals surface area contributed by atoms with Crippen LogP contribution in [0.4, 0.5) is 0 Å². The molecule has 3 aromatic carbocycles. The fraction of sp³-hybridized carbons (Fsp3) is 0.172. The van der Waals surface area contributed by atoms with Gasteiger partial charge in [-0.05, 0) is 36.8 Å². The number of aromatic nitrogens is 3. The van der Waals surface area contributed by atoms with E-state index in [9.17, 15) is 9.59 Å². The van der Waals surface area contributed by atoms with Crippen molar-refractivity contribution in [1.29, 1.82) is 0 Å². The van der Waals surface area contributed by atoms with Gasteiger partial charge in [-0.25, -0.2) is 4.79 Å². The molecule has 36 heavy (non-hydrogen) atoms. The summed E-state index contributed by atoms with van der Waals surface area (Å²) in [6, 6.07) is 23.4. The smallest absolute Gasteiger partial charge is 0.331 e. The number of fused-ring (bicyclic) bond motifs is 5. The van der Waals surface area contributed by atoms with Crippen molar-refractivity contribution >= 4 is 10.9 Å². The molecule has 3 heterocycles. The van der Waals surface area contributed by atoms with Crippen LogP contribution in [0.3, 0.4) is 0 Å². The van der Waals surface area contributed by atoms with Crippen molar-refractivity contribution in [3.8, 4) is 28.4 Å². The van der Waals surface area contributed by atoms with Gasteiger partial charge in [0.1, 0.15) is 11.5 Å². The second-order valence-corrected chi connectivity index (χ2v) is 9.06. The molecule has 2 aromatic heterocycles. The number of ether oxygens (including phenoxy) is 2. The van der Waals surface area contributed by atoms with E-state index in [2.05, 4.69) is 4.57 Å². The fourth-order valence-electron chi connectivity index (χ4n) is 5.24. The van der Waals surface area contributed by atoms with Crippen LogP contribution in [-0.2, 0) is 14.1 Å². The Morgan fingerprint density at radius 1 is 0.889 bits per heavy atom. The first-order valence-corrected chi connectivity index (χ1v) is 11.7. The monoisotopic (exact) mass is 479 g/mol. The van der Waals surface area contributed by atoms with Crippen molar-refractivity contribution in [3.05, 3.63) is 110 Å². The van der Waals surface area contributed by atoms with Gasteiger partial charge in [-0.2, -0.15) is 0 Å². The van der Waals surface area contributed by atoms with Crippen LogP contribution >= 0.6 is 0 Å². The van der Waals surface area contributed by atoms with Gasteiger partial charge in [-0.15, -0.1) is 0 Å². The number of methoxy groups -OCH3 is 1. The lowest BCUT2D eigenvalue weighted by molar-refractivity contribution is 0.228. The van der Waals surface area contributed by atoms with Crippen LogP contribution in [0.5, 0.6) is 11.5 Å². The van der Waals surface area contributed by atoms with Crippen molar-refractivity contribution in [2.24, 2.45) is 14.1 Å². The molecule has 0 spiro atoms. The Morgan fingerprint density at radius 3 is 2.42 bits per heavy atom. The number of benzene rings is 3. The molecule has 6 rings (SSSR count). The molecule has 0 saturated carbocycles. The zero-order valence-electron chi connectivity index (χ0n) is 20.5. The van der Waals surface area contributed by atoms with E-state index in [4.69, 9.17) is 9.47 Å². The molecule has 0 radical (unpaired) electrons. The molecule has 0 amide bonds. The average molecular weight is 480 g/mol. The molecule has 0 unspecified atom stereocenters. The predicted octanol–water partition coefficient (Wildman–Crippen LogP) is 4.49. The first kappa shape index (κ1) is 22.0. The number of rotatable bonds is 3. The summed E-state index contributed by atoms with van der Waals surface area (Å²) in [6.07, 6.45) is -0.576. The van der Waals surface area contributed by atoms with Gasteiger partial charge in [0.2, 0.25) is 0 Å². The number of para-hydroxylation sites is 2. The standard InChI is InChI=1S/C29H25N3O4/c1-17-10-5-6-13-20(17)24-23-25(30(2)29(34)31(3)28(23)33)26-27(18-11-9-12-19(16-18)35-4)36-22-15-8-7-14-21(22)32(24)26/h5-16,27H,1-4H3/t27-/m0/s1. The summed E-state index contributed by atoms with van der Waals surface area (Å²) in [6.45, 7) is 2.03. The number of hydrogen-bond donors (Lipinski definition) is 0. The Labute approximate surface area is 207 Å². The zero-order chi connectivity index (χ0) is 25.1. The summed E-state index contributed by atoms with van der Waals surface area (Å²) in [7, 11) is 4.85. The molecule has 180 valence electrons. The minimum absolute atomic E-state index is 0.338. The average Bonchev–Trinajstić information content (AvgIpc) is 3.27. The third-order valence-electron chi connectivity index (χ3n) is 7.00. The lowest BCUT2D eigenvalue weighted by Gasteiger charge is -2.30. The van der Waals surface area contributed by atoms with Gasteiger partial charge >= 0.3 is 5.69 Å². The van der Waals surface area contributed by atoms with Gasteiger partial charge in [0, 0.05) is 25.2 Å². The van der Waals surface area contributed by atoms with E-state index in [1.54, 1.807) is 18.7 Å². The second kappa shape index (κ2) is 8.02. The summed E-state index contributed by atoms with van der Waals surface area (Å²) in [5, 5.41) is 0.483. The molecular formula is C29H25N3O4.